The highest BCUT2D eigenvalue weighted by atomic mass is 32.1. The van der Waals surface area contributed by atoms with Gasteiger partial charge in [0.2, 0.25) is 0 Å². The molecule has 0 radical (unpaired) electrons. The SMILES string of the molecule is NCc1cn(Cc2nc3ccccc3s2)c2ccccc12. The van der Waals surface area contributed by atoms with Gasteiger partial charge in [-0.3, -0.25) is 0 Å². The van der Waals surface area contributed by atoms with Gasteiger partial charge in [-0.05, 0) is 23.8 Å². The normalized spacial score (nSPS) is 11.5. The van der Waals surface area contributed by atoms with E-state index in [4.69, 9.17) is 10.7 Å². The molecule has 2 aromatic heterocycles. The van der Waals surface area contributed by atoms with Gasteiger partial charge in [0, 0.05) is 23.6 Å². The molecule has 21 heavy (non-hydrogen) atoms. The van der Waals surface area contributed by atoms with Crippen molar-refractivity contribution >= 4 is 32.5 Å². The molecule has 3 nitrogen and oxygen atoms in total. The number of para-hydroxylation sites is 2. The minimum Gasteiger partial charge on any atom is -0.340 e. The van der Waals surface area contributed by atoms with Crippen molar-refractivity contribution in [3.63, 3.8) is 0 Å². The van der Waals surface area contributed by atoms with Crippen LogP contribution in [-0.2, 0) is 13.1 Å². The van der Waals surface area contributed by atoms with Gasteiger partial charge in [0.05, 0.1) is 16.8 Å². The highest BCUT2D eigenvalue weighted by molar-refractivity contribution is 7.18. The number of hydrogen-bond acceptors (Lipinski definition) is 3. The number of benzene rings is 2. The average Bonchev–Trinajstić information content (AvgIpc) is 3.08. The summed E-state index contributed by atoms with van der Waals surface area (Å²) in [6, 6.07) is 16.7. The largest absolute Gasteiger partial charge is 0.340 e. The molecule has 0 bridgehead atoms. The summed E-state index contributed by atoms with van der Waals surface area (Å²) < 4.78 is 3.48. The third kappa shape index (κ3) is 2.13. The summed E-state index contributed by atoms with van der Waals surface area (Å²) in [6.45, 7) is 1.35. The Balaban J connectivity index is 1.80. The zero-order valence-electron chi connectivity index (χ0n) is 11.5. The lowest BCUT2D eigenvalue weighted by Gasteiger charge is -2.01. The lowest BCUT2D eigenvalue weighted by molar-refractivity contribution is 0.824. The summed E-state index contributed by atoms with van der Waals surface area (Å²) >= 11 is 1.75. The fourth-order valence-corrected chi connectivity index (χ4v) is 3.72. The third-order valence-corrected chi connectivity index (χ3v) is 4.76. The molecule has 2 N–H and O–H groups in total. The van der Waals surface area contributed by atoms with Crippen molar-refractivity contribution in [1.29, 1.82) is 0 Å². The summed E-state index contributed by atoms with van der Waals surface area (Å²) in [4.78, 5) is 4.72. The minimum absolute atomic E-state index is 0.563. The Bertz CT molecular complexity index is 887. The summed E-state index contributed by atoms with van der Waals surface area (Å²) in [5, 5.41) is 2.36. The molecule has 0 fully saturated rings. The van der Waals surface area contributed by atoms with Crippen LogP contribution in [0.2, 0.25) is 0 Å². The molecule has 0 spiro atoms. The van der Waals surface area contributed by atoms with Gasteiger partial charge in [-0.2, -0.15) is 0 Å². The van der Waals surface area contributed by atoms with Gasteiger partial charge in [-0.25, -0.2) is 4.98 Å². The van der Waals surface area contributed by atoms with Crippen LogP contribution in [0.25, 0.3) is 21.1 Å². The number of nitrogens with zero attached hydrogens (tertiary/aromatic N) is 2. The van der Waals surface area contributed by atoms with Crippen molar-refractivity contribution in [1.82, 2.24) is 9.55 Å². The zero-order chi connectivity index (χ0) is 14.2. The van der Waals surface area contributed by atoms with Crippen molar-refractivity contribution < 1.29 is 0 Å². The molecule has 2 heterocycles. The highest BCUT2D eigenvalue weighted by Crippen LogP contribution is 2.25. The van der Waals surface area contributed by atoms with Gasteiger partial charge in [-0.1, -0.05) is 30.3 Å². The maximum atomic E-state index is 5.86. The van der Waals surface area contributed by atoms with Gasteiger partial charge < -0.3 is 10.3 Å². The van der Waals surface area contributed by atoms with Gasteiger partial charge in [0.15, 0.2) is 0 Å². The molecule has 0 atom stereocenters. The maximum Gasteiger partial charge on any atom is 0.114 e. The van der Waals surface area contributed by atoms with E-state index in [1.807, 2.05) is 6.07 Å². The van der Waals surface area contributed by atoms with Crippen molar-refractivity contribution in [2.45, 2.75) is 13.1 Å². The molecular weight excluding hydrogens is 278 g/mol. The van der Waals surface area contributed by atoms with E-state index >= 15 is 0 Å². The quantitative estimate of drug-likeness (QED) is 0.625. The van der Waals surface area contributed by atoms with E-state index in [-0.39, 0.29) is 0 Å². The van der Waals surface area contributed by atoms with Crippen LogP contribution in [0.4, 0.5) is 0 Å². The van der Waals surface area contributed by atoms with Crippen LogP contribution in [0, 0.1) is 0 Å². The number of rotatable bonds is 3. The molecule has 0 amide bonds. The smallest absolute Gasteiger partial charge is 0.114 e. The van der Waals surface area contributed by atoms with E-state index in [1.165, 1.54) is 21.2 Å². The van der Waals surface area contributed by atoms with Crippen molar-refractivity contribution in [2.24, 2.45) is 5.73 Å². The molecule has 0 aliphatic rings. The van der Waals surface area contributed by atoms with E-state index in [0.29, 0.717) is 6.54 Å². The Morgan fingerprint density at radius 3 is 2.71 bits per heavy atom. The van der Waals surface area contributed by atoms with Crippen LogP contribution in [0.15, 0.2) is 54.7 Å². The Hall–Kier alpha value is -2.17. The maximum absolute atomic E-state index is 5.86. The number of hydrogen-bond donors (Lipinski definition) is 1. The predicted molar refractivity (Wildman–Crippen MR) is 88.6 cm³/mol. The standard InChI is InChI=1S/C17H15N3S/c18-9-12-10-20(15-7-3-1-5-13(12)15)11-17-19-14-6-2-4-8-16(14)21-17/h1-8,10H,9,11,18H2. The average molecular weight is 293 g/mol. The van der Waals surface area contributed by atoms with Gasteiger partial charge in [-0.15, -0.1) is 11.3 Å². The monoisotopic (exact) mass is 293 g/mol. The summed E-state index contributed by atoms with van der Waals surface area (Å²) in [6.07, 6.45) is 2.15. The first-order valence-electron chi connectivity index (χ1n) is 6.96. The first-order chi connectivity index (χ1) is 10.3. The van der Waals surface area contributed by atoms with E-state index < -0.39 is 0 Å². The van der Waals surface area contributed by atoms with Crippen LogP contribution in [0.1, 0.15) is 10.6 Å². The number of nitrogens with two attached hydrogens (primary N) is 1. The molecule has 104 valence electrons. The first-order valence-corrected chi connectivity index (χ1v) is 7.78. The first kappa shape index (κ1) is 12.6. The second-order valence-corrected chi connectivity index (χ2v) is 6.19. The fourth-order valence-electron chi connectivity index (χ4n) is 2.75. The van der Waals surface area contributed by atoms with Crippen molar-refractivity contribution in [2.75, 3.05) is 0 Å². The Kier molecular flexibility index (Phi) is 2.98. The van der Waals surface area contributed by atoms with Crippen molar-refractivity contribution in [3.05, 3.63) is 65.3 Å². The Morgan fingerprint density at radius 1 is 1.05 bits per heavy atom. The minimum atomic E-state index is 0.563. The van der Waals surface area contributed by atoms with Gasteiger partial charge in [0.25, 0.3) is 0 Å². The summed E-state index contributed by atoms with van der Waals surface area (Å²) in [5.41, 5.74) is 9.34. The summed E-state index contributed by atoms with van der Waals surface area (Å²) in [5.74, 6) is 0. The molecule has 2 aromatic carbocycles. The second-order valence-electron chi connectivity index (χ2n) is 5.08. The molecular formula is C17H15N3S. The molecule has 4 aromatic rings. The van der Waals surface area contributed by atoms with Gasteiger partial charge in [0.1, 0.15) is 5.01 Å². The molecule has 0 aliphatic heterocycles. The Labute approximate surface area is 126 Å². The van der Waals surface area contributed by atoms with Crippen LogP contribution >= 0.6 is 11.3 Å². The van der Waals surface area contributed by atoms with E-state index in [2.05, 4.69) is 53.2 Å². The third-order valence-electron chi connectivity index (χ3n) is 3.73. The van der Waals surface area contributed by atoms with Gasteiger partial charge >= 0.3 is 0 Å². The summed E-state index contributed by atoms with van der Waals surface area (Å²) in [7, 11) is 0. The topological polar surface area (TPSA) is 43.8 Å². The molecule has 0 aliphatic carbocycles. The number of thiazole rings is 1. The Morgan fingerprint density at radius 2 is 1.86 bits per heavy atom. The molecule has 4 rings (SSSR count). The van der Waals surface area contributed by atoms with E-state index in [9.17, 15) is 0 Å². The fraction of sp³-hybridized carbons (Fsp3) is 0.118. The molecule has 0 saturated heterocycles. The lowest BCUT2D eigenvalue weighted by atomic mass is 10.2. The number of aromatic nitrogens is 2. The van der Waals surface area contributed by atoms with Crippen LogP contribution in [0.5, 0.6) is 0 Å². The van der Waals surface area contributed by atoms with Crippen LogP contribution in [0.3, 0.4) is 0 Å². The van der Waals surface area contributed by atoms with Crippen molar-refractivity contribution in [3.8, 4) is 0 Å². The second kappa shape index (κ2) is 4.98. The molecule has 0 saturated carbocycles. The molecule has 0 unspecified atom stereocenters. The lowest BCUT2D eigenvalue weighted by Crippen LogP contribution is -1.98. The number of fused-ring (bicyclic) bond motifs is 2. The zero-order valence-corrected chi connectivity index (χ0v) is 12.3. The van der Waals surface area contributed by atoms with E-state index in [0.717, 1.165) is 17.1 Å². The van der Waals surface area contributed by atoms with E-state index in [1.54, 1.807) is 11.3 Å². The van der Waals surface area contributed by atoms with Crippen LogP contribution < -0.4 is 5.73 Å². The molecule has 4 heteroatoms. The van der Waals surface area contributed by atoms with Crippen LogP contribution in [-0.4, -0.2) is 9.55 Å². The highest BCUT2D eigenvalue weighted by Gasteiger charge is 2.09. The predicted octanol–water partition coefficient (Wildman–Crippen LogP) is 3.76.